The van der Waals surface area contributed by atoms with E-state index in [4.69, 9.17) is 31.7 Å². The van der Waals surface area contributed by atoms with Crippen LogP contribution in [0.5, 0.6) is 0 Å². The molecule has 1 unspecified atom stereocenters. The Hall–Kier alpha value is -2.33. The van der Waals surface area contributed by atoms with Crippen LogP contribution in [0.4, 0.5) is 18.9 Å². The Balaban J connectivity index is 1.38. The number of thiocarbonyl (C=S) groups is 1. The monoisotopic (exact) mass is 540 g/mol. The van der Waals surface area contributed by atoms with Crippen molar-refractivity contribution in [2.45, 2.75) is 88.9 Å². The molecule has 1 aromatic heterocycles. The van der Waals surface area contributed by atoms with Gasteiger partial charge in [-0.05, 0) is 77.1 Å². The number of hydrogen-bond acceptors (Lipinski definition) is 7. The fourth-order valence-corrected chi connectivity index (χ4v) is 5.80. The van der Waals surface area contributed by atoms with E-state index in [0.29, 0.717) is 13.2 Å². The van der Waals surface area contributed by atoms with Gasteiger partial charge in [-0.2, -0.15) is 18.4 Å². The Morgan fingerprint density at radius 3 is 2.51 bits per heavy atom. The standard InChI is InChI=1S/C25H31F3N4O4S/c1-24(2)22(33)31(17-13-19(25(26,27)28)20(14-29)30-15-17)23(37)32(24)16-6-8-18(9-7-16)34-11-12-36-21-5-3-4-10-35-21/h13,15-16,18,21H,3-12H2,1-2H3/t16-,18-,21?. The molecule has 0 radical (unpaired) electrons. The van der Waals surface area contributed by atoms with Gasteiger partial charge >= 0.3 is 6.18 Å². The zero-order valence-electron chi connectivity index (χ0n) is 20.9. The molecule has 12 heteroatoms. The first-order valence-corrected chi connectivity index (χ1v) is 12.9. The van der Waals surface area contributed by atoms with Gasteiger partial charge in [0.25, 0.3) is 5.91 Å². The smallest absolute Gasteiger partial charge is 0.376 e. The van der Waals surface area contributed by atoms with E-state index in [2.05, 4.69) is 4.98 Å². The second kappa shape index (κ2) is 11.2. The molecule has 1 amide bonds. The number of alkyl halides is 3. The zero-order chi connectivity index (χ0) is 26.8. The molecule has 3 fully saturated rings. The number of ether oxygens (including phenoxy) is 3. The molecule has 1 atom stereocenters. The lowest BCUT2D eigenvalue weighted by Gasteiger charge is -2.40. The molecule has 1 saturated carbocycles. The van der Waals surface area contributed by atoms with E-state index in [1.54, 1.807) is 13.8 Å². The summed E-state index contributed by atoms with van der Waals surface area (Å²) in [6.45, 7) is 5.11. The maximum absolute atomic E-state index is 13.5. The summed E-state index contributed by atoms with van der Waals surface area (Å²) >= 11 is 5.62. The number of halogens is 3. The predicted octanol–water partition coefficient (Wildman–Crippen LogP) is 4.56. The van der Waals surface area contributed by atoms with E-state index in [-0.39, 0.29) is 29.2 Å². The average molecular weight is 541 g/mol. The van der Waals surface area contributed by atoms with Crippen LogP contribution in [0.3, 0.4) is 0 Å². The van der Waals surface area contributed by atoms with Gasteiger partial charge in [-0.15, -0.1) is 0 Å². The molecule has 1 aromatic rings. The third-order valence-electron chi connectivity index (χ3n) is 7.16. The highest BCUT2D eigenvalue weighted by atomic mass is 32.1. The van der Waals surface area contributed by atoms with Crippen LogP contribution in [0.2, 0.25) is 0 Å². The van der Waals surface area contributed by atoms with Crippen molar-refractivity contribution in [1.29, 1.82) is 5.26 Å². The van der Waals surface area contributed by atoms with Crippen molar-refractivity contribution in [2.24, 2.45) is 0 Å². The lowest BCUT2D eigenvalue weighted by Crippen LogP contribution is -2.51. The van der Waals surface area contributed by atoms with Crippen molar-refractivity contribution in [3.63, 3.8) is 0 Å². The van der Waals surface area contributed by atoms with Gasteiger partial charge in [0.2, 0.25) is 0 Å². The summed E-state index contributed by atoms with van der Waals surface area (Å²) in [5.74, 6) is -0.433. The molecular formula is C25H31F3N4O4S. The van der Waals surface area contributed by atoms with Gasteiger partial charge in [0.15, 0.2) is 17.1 Å². The molecule has 1 aliphatic carbocycles. The van der Waals surface area contributed by atoms with Crippen molar-refractivity contribution in [2.75, 3.05) is 24.7 Å². The van der Waals surface area contributed by atoms with Gasteiger partial charge in [0.1, 0.15) is 11.6 Å². The molecular weight excluding hydrogens is 509 g/mol. The second-order valence-electron chi connectivity index (χ2n) is 10.0. The van der Waals surface area contributed by atoms with Gasteiger partial charge in [0.05, 0.1) is 36.8 Å². The number of carbonyl (C=O) groups excluding carboxylic acids is 1. The molecule has 4 rings (SSSR count). The first-order valence-electron chi connectivity index (χ1n) is 12.5. The van der Waals surface area contributed by atoms with E-state index in [1.165, 1.54) is 6.07 Å². The van der Waals surface area contributed by atoms with Crippen LogP contribution in [-0.2, 0) is 25.2 Å². The zero-order valence-corrected chi connectivity index (χ0v) is 21.7. The number of anilines is 1. The number of rotatable bonds is 7. The highest BCUT2D eigenvalue weighted by Crippen LogP contribution is 2.40. The quantitative estimate of drug-likeness (QED) is 0.368. The normalized spacial score (nSPS) is 26.4. The topological polar surface area (TPSA) is 87.9 Å². The Labute approximate surface area is 219 Å². The lowest BCUT2D eigenvalue weighted by atomic mass is 9.89. The minimum atomic E-state index is -4.79. The predicted molar refractivity (Wildman–Crippen MR) is 131 cm³/mol. The molecule has 0 spiro atoms. The average Bonchev–Trinajstić information content (AvgIpc) is 3.05. The van der Waals surface area contributed by atoms with Crippen molar-refractivity contribution in [3.05, 3.63) is 23.5 Å². The summed E-state index contributed by atoms with van der Waals surface area (Å²) in [4.78, 5) is 19.9. The summed E-state index contributed by atoms with van der Waals surface area (Å²) in [6, 6.07) is 2.16. The highest BCUT2D eigenvalue weighted by Gasteiger charge is 2.52. The number of carbonyl (C=O) groups is 1. The molecule has 3 aliphatic rings. The van der Waals surface area contributed by atoms with E-state index in [0.717, 1.165) is 68.7 Å². The van der Waals surface area contributed by atoms with Crippen molar-refractivity contribution in [1.82, 2.24) is 9.88 Å². The number of pyridine rings is 1. The van der Waals surface area contributed by atoms with E-state index < -0.39 is 28.9 Å². The van der Waals surface area contributed by atoms with Crippen LogP contribution in [0.15, 0.2) is 12.3 Å². The molecule has 37 heavy (non-hydrogen) atoms. The van der Waals surface area contributed by atoms with Crippen LogP contribution in [-0.4, -0.2) is 64.7 Å². The summed E-state index contributed by atoms with van der Waals surface area (Å²) in [5.41, 5.74) is -3.10. The summed E-state index contributed by atoms with van der Waals surface area (Å²) in [6.07, 6.45) is 2.28. The molecule has 202 valence electrons. The van der Waals surface area contributed by atoms with Crippen molar-refractivity contribution < 1.29 is 32.2 Å². The first kappa shape index (κ1) is 27.7. The van der Waals surface area contributed by atoms with Crippen LogP contribution in [0.25, 0.3) is 0 Å². The summed E-state index contributed by atoms with van der Waals surface area (Å²) < 4.78 is 57.7. The maximum atomic E-state index is 13.5. The van der Waals surface area contributed by atoms with Gasteiger partial charge in [-0.1, -0.05) is 0 Å². The Morgan fingerprint density at radius 1 is 1.19 bits per heavy atom. The van der Waals surface area contributed by atoms with Crippen molar-refractivity contribution in [3.8, 4) is 6.07 Å². The fraction of sp³-hybridized carbons (Fsp3) is 0.680. The molecule has 8 nitrogen and oxygen atoms in total. The van der Waals surface area contributed by atoms with E-state index in [1.807, 2.05) is 4.90 Å². The van der Waals surface area contributed by atoms with Crippen LogP contribution in [0, 0.1) is 11.3 Å². The lowest BCUT2D eigenvalue weighted by molar-refractivity contribution is -0.172. The molecule has 0 aromatic carbocycles. The third kappa shape index (κ3) is 5.90. The SMILES string of the molecule is CC1(C)C(=O)N(c2cnc(C#N)c(C(F)(F)F)c2)C(=S)N1[C@H]1CC[C@H](OCCOC2CCCCO2)CC1. The number of amides is 1. The van der Waals surface area contributed by atoms with E-state index in [9.17, 15) is 18.0 Å². The summed E-state index contributed by atoms with van der Waals surface area (Å²) in [7, 11) is 0. The van der Waals surface area contributed by atoms with Crippen molar-refractivity contribution >= 4 is 28.9 Å². The molecule has 2 saturated heterocycles. The Morgan fingerprint density at radius 2 is 1.89 bits per heavy atom. The number of aromatic nitrogens is 1. The molecule has 2 aliphatic heterocycles. The number of nitriles is 1. The number of hydrogen-bond donors (Lipinski definition) is 0. The fourth-order valence-electron chi connectivity index (χ4n) is 5.24. The van der Waals surface area contributed by atoms with E-state index >= 15 is 0 Å². The third-order valence-corrected chi connectivity index (χ3v) is 7.54. The van der Waals surface area contributed by atoms with Crippen LogP contribution in [0.1, 0.15) is 70.1 Å². The largest absolute Gasteiger partial charge is 0.419 e. The maximum Gasteiger partial charge on any atom is 0.419 e. The minimum Gasteiger partial charge on any atom is -0.376 e. The second-order valence-corrected chi connectivity index (χ2v) is 10.4. The Kier molecular flexibility index (Phi) is 8.38. The summed E-state index contributed by atoms with van der Waals surface area (Å²) in [5, 5.41) is 9.18. The Bertz CT molecular complexity index is 1050. The van der Waals surface area contributed by atoms with Gasteiger partial charge in [-0.25, -0.2) is 4.98 Å². The van der Waals surface area contributed by atoms with Gasteiger partial charge in [0, 0.05) is 12.6 Å². The van der Waals surface area contributed by atoms with Gasteiger partial charge < -0.3 is 19.1 Å². The first-order chi connectivity index (χ1) is 17.5. The minimum absolute atomic E-state index is 0.0587. The number of nitrogens with zero attached hydrogens (tertiary/aromatic N) is 4. The van der Waals surface area contributed by atoms with Crippen LogP contribution >= 0.6 is 12.2 Å². The molecule has 0 N–H and O–H groups in total. The highest BCUT2D eigenvalue weighted by molar-refractivity contribution is 7.80. The van der Waals surface area contributed by atoms with Gasteiger partial charge in [-0.3, -0.25) is 9.69 Å². The van der Waals surface area contributed by atoms with Crippen LogP contribution < -0.4 is 4.90 Å². The molecule has 3 heterocycles. The molecule has 0 bridgehead atoms.